The molecule has 3 N–H and O–H groups in total. The number of amides is 2. The molecule has 0 radical (unpaired) electrons. The molecule has 1 aliphatic heterocycles. The molecule has 1 fully saturated rings. The lowest BCUT2D eigenvalue weighted by Crippen LogP contribution is -2.45. The minimum absolute atomic E-state index is 0.162. The van der Waals surface area contributed by atoms with Crippen LogP contribution < -0.4 is 11.1 Å². The van der Waals surface area contributed by atoms with Crippen LogP contribution in [0.1, 0.15) is 29.3 Å². The average molecular weight is 406 g/mol. The molecule has 0 aliphatic carbocycles. The largest absolute Gasteiger partial charge is 0.398 e. The van der Waals surface area contributed by atoms with Crippen LogP contribution in [0.5, 0.6) is 0 Å². The van der Waals surface area contributed by atoms with Crippen LogP contribution in [0.2, 0.25) is 10.0 Å². The highest BCUT2D eigenvalue weighted by Crippen LogP contribution is 2.27. The summed E-state index contributed by atoms with van der Waals surface area (Å²) >= 11 is 11.8. The average Bonchev–Trinajstić information content (AvgIpc) is 3.04. The van der Waals surface area contributed by atoms with Gasteiger partial charge in [0.2, 0.25) is 5.91 Å². The zero-order chi connectivity index (χ0) is 19.6. The number of likely N-dealkylation sites (tertiary alicyclic amines) is 1. The van der Waals surface area contributed by atoms with E-state index >= 15 is 0 Å². The first-order valence-corrected chi connectivity index (χ1v) is 9.49. The Kier molecular flexibility index (Phi) is 5.92. The van der Waals surface area contributed by atoms with Gasteiger partial charge >= 0.3 is 0 Å². The predicted octanol–water partition coefficient (Wildman–Crippen LogP) is 3.74. The number of carbonyl (C=O) groups is 2. The van der Waals surface area contributed by atoms with E-state index in [1.165, 1.54) is 0 Å². The molecular weight excluding hydrogens is 385 g/mol. The third-order valence-corrected chi connectivity index (χ3v) is 5.29. The highest BCUT2D eigenvalue weighted by molar-refractivity contribution is 6.33. The Balaban J connectivity index is 1.70. The maximum atomic E-state index is 12.9. The van der Waals surface area contributed by atoms with E-state index in [2.05, 4.69) is 5.32 Å². The van der Waals surface area contributed by atoms with E-state index in [-0.39, 0.29) is 17.7 Å². The number of nitrogens with zero attached hydrogens (tertiary/aromatic N) is 1. The molecule has 0 spiro atoms. The Hall–Kier alpha value is -2.24. The van der Waals surface area contributed by atoms with Crippen molar-refractivity contribution in [2.24, 2.45) is 5.92 Å². The number of anilines is 1. The van der Waals surface area contributed by atoms with Crippen LogP contribution in [0, 0.1) is 5.92 Å². The van der Waals surface area contributed by atoms with Gasteiger partial charge in [-0.25, -0.2) is 0 Å². The number of carbonyl (C=O) groups excluding carboxylic acids is 2. The summed E-state index contributed by atoms with van der Waals surface area (Å²) in [6, 6.07) is 11.6. The number of nitrogens with one attached hydrogen (secondary N) is 1. The number of hydrogen-bond donors (Lipinski definition) is 2. The van der Waals surface area contributed by atoms with E-state index in [9.17, 15) is 9.59 Å². The van der Waals surface area contributed by atoms with Crippen molar-refractivity contribution >= 4 is 40.7 Å². The number of nitrogen functional groups attached to an aromatic ring is 1. The van der Waals surface area contributed by atoms with E-state index in [1.54, 1.807) is 35.2 Å². The molecule has 5 nitrogen and oxygen atoms in total. The van der Waals surface area contributed by atoms with Crippen molar-refractivity contribution in [1.82, 2.24) is 10.2 Å². The lowest BCUT2D eigenvalue weighted by atomic mass is 10.1. The minimum atomic E-state index is -0.503. The summed E-state index contributed by atoms with van der Waals surface area (Å²) in [6.07, 6.45) is 0.626. The Morgan fingerprint density at radius 1 is 1.19 bits per heavy atom. The number of halogens is 2. The molecule has 3 rings (SSSR count). The van der Waals surface area contributed by atoms with Gasteiger partial charge in [-0.05, 0) is 48.2 Å². The zero-order valence-corrected chi connectivity index (χ0v) is 16.4. The number of nitrogens with two attached hydrogens (primary N) is 1. The molecule has 0 aromatic heterocycles. The smallest absolute Gasteiger partial charge is 0.254 e. The van der Waals surface area contributed by atoms with Crippen molar-refractivity contribution in [2.45, 2.75) is 25.9 Å². The van der Waals surface area contributed by atoms with Crippen molar-refractivity contribution in [3.05, 3.63) is 63.6 Å². The summed E-state index contributed by atoms with van der Waals surface area (Å²) in [4.78, 5) is 27.3. The fourth-order valence-electron chi connectivity index (χ4n) is 3.27. The van der Waals surface area contributed by atoms with Crippen molar-refractivity contribution < 1.29 is 9.59 Å². The van der Waals surface area contributed by atoms with E-state index in [1.807, 2.05) is 19.1 Å². The molecule has 2 unspecified atom stereocenters. The molecule has 7 heteroatoms. The second-order valence-corrected chi connectivity index (χ2v) is 7.74. The molecule has 142 valence electrons. The number of benzene rings is 2. The highest BCUT2D eigenvalue weighted by atomic mass is 35.5. The monoisotopic (exact) mass is 405 g/mol. The van der Waals surface area contributed by atoms with Gasteiger partial charge in [-0.15, -0.1) is 0 Å². The van der Waals surface area contributed by atoms with E-state index < -0.39 is 6.04 Å². The second kappa shape index (κ2) is 8.19. The quantitative estimate of drug-likeness (QED) is 0.760. The molecule has 0 saturated carbocycles. The molecule has 1 aliphatic rings. The first-order chi connectivity index (χ1) is 12.8. The van der Waals surface area contributed by atoms with Gasteiger partial charge in [-0.3, -0.25) is 9.59 Å². The topological polar surface area (TPSA) is 75.4 Å². The van der Waals surface area contributed by atoms with Crippen LogP contribution in [0.3, 0.4) is 0 Å². The summed E-state index contributed by atoms with van der Waals surface area (Å²) in [5.41, 5.74) is 7.53. The first-order valence-electron chi connectivity index (χ1n) is 8.73. The lowest BCUT2D eigenvalue weighted by molar-refractivity contribution is -0.125. The zero-order valence-electron chi connectivity index (χ0n) is 14.9. The molecule has 2 atom stereocenters. The number of rotatable bonds is 4. The SMILES string of the molecule is CC1CC(C(=O)NCc2ccc(Cl)cc2)N(C(=O)c2ccc(Cl)c(N)c2)C1. The highest BCUT2D eigenvalue weighted by Gasteiger charge is 2.38. The maximum absolute atomic E-state index is 12.9. The minimum Gasteiger partial charge on any atom is -0.398 e. The van der Waals surface area contributed by atoms with Crippen molar-refractivity contribution in [2.75, 3.05) is 12.3 Å². The summed E-state index contributed by atoms with van der Waals surface area (Å²) in [5, 5.41) is 3.96. The Bertz CT molecular complexity index is 855. The fraction of sp³-hybridized carbons (Fsp3) is 0.300. The molecular formula is C20H21Cl2N3O2. The molecule has 2 aromatic rings. The normalized spacial score (nSPS) is 19.1. The Morgan fingerprint density at radius 3 is 2.56 bits per heavy atom. The van der Waals surface area contributed by atoms with Gasteiger partial charge < -0.3 is 16.0 Å². The van der Waals surface area contributed by atoms with Crippen molar-refractivity contribution in [3.8, 4) is 0 Å². The van der Waals surface area contributed by atoms with Crippen LogP contribution in [0.15, 0.2) is 42.5 Å². The van der Waals surface area contributed by atoms with E-state index in [4.69, 9.17) is 28.9 Å². The van der Waals surface area contributed by atoms with Gasteiger partial charge in [-0.1, -0.05) is 42.3 Å². The Morgan fingerprint density at radius 2 is 1.89 bits per heavy atom. The number of hydrogen-bond acceptors (Lipinski definition) is 3. The van der Waals surface area contributed by atoms with Crippen molar-refractivity contribution in [3.63, 3.8) is 0 Å². The van der Waals surface area contributed by atoms with Gasteiger partial charge in [0, 0.05) is 23.7 Å². The van der Waals surface area contributed by atoms with E-state index in [0.29, 0.717) is 40.8 Å². The summed E-state index contributed by atoms with van der Waals surface area (Å²) in [6.45, 7) is 2.94. The van der Waals surface area contributed by atoms with Crippen LogP contribution in [-0.4, -0.2) is 29.3 Å². The first kappa shape index (κ1) is 19.5. The standard InChI is InChI=1S/C20H21Cl2N3O2/c1-12-8-18(19(26)24-10-13-2-5-15(21)6-3-13)25(11-12)20(27)14-4-7-16(22)17(23)9-14/h2-7,9,12,18H,8,10-11,23H2,1H3,(H,24,26). The molecule has 27 heavy (non-hydrogen) atoms. The summed E-state index contributed by atoms with van der Waals surface area (Å²) in [7, 11) is 0. The lowest BCUT2D eigenvalue weighted by Gasteiger charge is -2.24. The second-order valence-electron chi connectivity index (χ2n) is 6.89. The maximum Gasteiger partial charge on any atom is 0.254 e. The predicted molar refractivity (Wildman–Crippen MR) is 108 cm³/mol. The summed E-state index contributed by atoms with van der Waals surface area (Å²) < 4.78 is 0. The van der Waals surface area contributed by atoms with Gasteiger partial charge in [0.25, 0.3) is 5.91 Å². The van der Waals surface area contributed by atoms with Gasteiger partial charge in [0.1, 0.15) is 6.04 Å². The van der Waals surface area contributed by atoms with Crippen LogP contribution >= 0.6 is 23.2 Å². The fourth-order valence-corrected chi connectivity index (χ4v) is 3.51. The van der Waals surface area contributed by atoms with Gasteiger partial charge in [0.05, 0.1) is 10.7 Å². The molecule has 1 saturated heterocycles. The Labute approximate surface area is 168 Å². The van der Waals surface area contributed by atoms with Crippen molar-refractivity contribution in [1.29, 1.82) is 0 Å². The van der Waals surface area contributed by atoms with E-state index in [0.717, 1.165) is 5.56 Å². The molecule has 2 amide bonds. The third kappa shape index (κ3) is 4.54. The van der Waals surface area contributed by atoms with Gasteiger partial charge in [0.15, 0.2) is 0 Å². The summed E-state index contributed by atoms with van der Waals surface area (Å²) in [5.74, 6) is -0.135. The third-order valence-electron chi connectivity index (χ3n) is 4.70. The molecule has 0 bridgehead atoms. The van der Waals surface area contributed by atoms with Gasteiger partial charge in [-0.2, -0.15) is 0 Å². The molecule has 1 heterocycles. The molecule has 2 aromatic carbocycles. The van der Waals surface area contributed by atoms with Crippen LogP contribution in [-0.2, 0) is 11.3 Å². The van der Waals surface area contributed by atoms with Crippen LogP contribution in [0.4, 0.5) is 5.69 Å². The van der Waals surface area contributed by atoms with Crippen LogP contribution in [0.25, 0.3) is 0 Å².